The Balaban J connectivity index is 1.25. The second-order valence-corrected chi connectivity index (χ2v) is 10.1. The first-order chi connectivity index (χ1) is 16.4. The smallest absolute Gasteiger partial charge is 0.231 e. The minimum atomic E-state index is -0.107. The quantitative estimate of drug-likeness (QED) is 0.406. The Morgan fingerprint density at radius 2 is 1.97 bits per heavy atom. The van der Waals surface area contributed by atoms with E-state index in [1.807, 2.05) is 31.2 Å². The second-order valence-electron chi connectivity index (χ2n) is 10.1. The summed E-state index contributed by atoms with van der Waals surface area (Å²) >= 11 is 0. The van der Waals surface area contributed by atoms with Crippen LogP contribution in [0.4, 0.5) is 11.5 Å². The molecule has 3 atom stereocenters. The Labute approximate surface area is 199 Å². The average molecular weight is 458 g/mol. The zero-order valence-corrected chi connectivity index (χ0v) is 19.7. The standard InChI is InChI=1S/C27H31N5O2/c1-15-10-16(2)21(11-15)27(34)29-20-8-6-19(7-9-20)25-30-22-13-24(28-14-23(22)31-25)32-26(33)17(3)12-18-4-5-18/h6-9,13-15,17-18,21H,2,4-5,10-12H2,1,3H3,(H,29,34)(H,30,31)(H,28,32,33). The number of pyridine rings is 1. The molecule has 0 saturated heterocycles. The average Bonchev–Trinajstić information content (AvgIpc) is 3.41. The van der Waals surface area contributed by atoms with Crippen LogP contribution in [0.3, 0.4) is 0 Å². The van der Waals surface area contributed by atoms with Crippen molar-refractivity contribution in [1.82, 2.24) is 15.0 Å². The minimum Gasteiger partial charge on any atom is -0.337 e. The van der Waals surface area contributed by atoms with Gasteiger partial charge in [0.05, 0.1) is 23.1 Å². The third-order valence-electron chi connectivity index (χ3n) is 6.93. The molecule has 2 fully saturated rings. The summed E-state index contributed by atoms with van der Waals surface area (Å²) in [6.07, 6.45) is 6.88. The van der Waals surface area contributed by atoms with E-state index in [2.05, 4.69) is 39.1 Å². The molecule has 2 aliphatic rings. The number of nitrogens with zero attached hydrogens (tertiary/aromatic N) is 2. The maximum absolute atomic E-state index is 12.6. The summed E-state index contributed by atoms with van der Waals surface area (Å²) in [5.41, 5.74) is 4.21. The lowest BCUT2D eigenvalue weighted by atomic mass is 10.0. The van der Waals surface area contributed by atoms with Crippen molar-refractivity contribution < 1.29 is 9.59 Å². The normalized spacial score (nSPS) is 20.9. The molecule has 0 bridgehead atoms. The first-order valence-electron chi connectivity index (χ1n) is 12.1. The van der Waals surface area contributed by atoms with E-state index in [9.17, 15) is 9.59 Å². The zero-order valence-electron chi connectivity index (χ0n) is 19.7. The van der Waals surface area contributed by atoms with E-state index >= 15 is 0 Å². The van der Waals surface area contributed by atoms with Gasteiger partial charge in [0.25, 0.3) is 0 Å². The minimum absolute atomic E-state index is 0.00258. The molecule has 3 unspecified atom stereocenters. The zero-order chi connectivity index (χ0) is 23.8. The predicted molar refractivity (Wildman–Crippen MR) is 134 cm³/mol. The number of rotatable bonds is 7. The van der Waals surface area contributed by atoms with Crippen LogP contribution in [-0.4, -0.2) is 26.8 Å². The monoisotopic (exact) mass is 457 g/mol. The molecule has 2 amide bonds. The lowest BCUT2D eigenvalue weighted by Crippen LogP contribution is -2.21. The fourth-order valence-electron chi connectivity index (χ4n) is 4.80. The van der Waals surface area contributed by atoms with Crippen LogP contribution in [0.5, 0.6) is 0 Å². The van der Waals surface area contributed by atoms with Crippen LogP contribution in [0.25, 0.3) is 22.4 Å². The Kier molecular flexibility index (Phi) is 5.94. The molecule has 176 valence electrons. The van der Waals surface area contributed by atoms with Crippen LogP contribution in [-0.2, 0) is 9.59 Å². The lowest BCUT2D eigenvalue weighted by molar-refractivity contribution is -0.120. The molecular weight excluding hydrogens is 426 g/mol. The summed E-state index contributed by atoms with van der Waals surface area (Å²) in [5.74, 6) is 2.32. The third-order valence-corrected chi connectivity index (χ3v) is 6.93. The molecule has 2 heterocycles. The van der Waals surface area contributed by atoms with Crippen LogP contribution in [0.2, 0.25) is 0 Å². The van der Waals surface area contributed by atoms with Gasteiger partial charge >= 0.3 is 0 Å². The summed E-state index contributed by atoms with van der Waals surface area (Å²) < 4.78 is 0. The highest BCUT2D eigenvalue weighted by Gasteiger charge is 2.30. The number of fused-ring (bicyclic) bond motifs is 1. The topological polar surface area (TPSA) is 99.8 Å². The Bertz CT molecular complexity index is 1240. The van der Waals surface area contributed by atoms with Crippen molar-refractivity contribution in [3.05, 3.63) is 48.7 Å². The second kappa shape index (κ2) is 9.05. The molecule has 0 radical (unpaired) electrons. The number of nitrogens with one attached hydrogen (secondary N) is 3. The van der Waals surface area contributed by atoms with Gasteiger partial charge in [-0.15, -0.1) is 0 Å². The van der Waals surface area contributed by atoms with Gasteiger partial charge in [-0.1, -0.05) is 38.8 Å². The number of hydrogen-bond acceptors (Lipinski definition) is 4. The maximum Gasteiger partial charge on any atom is 0.231 e. The van der Waals surface area contributed by atoms with Gasteiger partial charge in [-0.25, -0.2) is 9.97 Å². The SMILES string of the molecule is C=C1CC(C)CC1C(=O)Nc1ccc(-c2nc3cc(NC(=O)C(C)CC4CC4)ncc3[nH]2)cc1. The number of imidazole rings is 1. The molecule has 34 heavy (non-hydrogen) atoms. The number of aromatic amines is 1. The molecule has 2 saturated carbocycles. The summed E-state index contributed by atoms with van der Waals surface area (Å²) in [5, 5.41) is 5.93. The molecule has 1 aromatic carbocycles. The molecule has 3 aromatic rings. The first-order valence-corrected chi connectivity index (χ1v) is 12.1. The van der Waals surface area contributed by atoms with E-state index in [0.717, 1.165) is 47.1 Å². The fraction of sp³-hybridized carbons (Fsp3) is 0.407. The Hall–Kier alpha value is -3.48. The predicted octanol–water partition coefficient (Wildman–Crippen LogP) is 5.54. The first kappa shape index (κ1) is 22.3. The largest absolute Gasteiger partial charge is 0.337 e. The number of hydrogen-bond donors (Lipinski definition) is 3. The number of carbonyl (C=O) groups is 2. The molecule has 7 heteroatoms. The van der Waals surface area contributed by atoms with Gasteiger partial charge in [-0.2, -0.15) is 0 Å². The molecule has 2 aromatic heterocycles. The van der Waals surface area contributed by atoms with Gasteiger partial charge < -0.3 is 15.6 Å². The summed E-state index contributed by atoms with van der Waals surface area (Å²) in [6.45, 7) is 8.19. The number of carbonyl (C=O) groups excluding carboxylic acids is 2. The molecule has 0 aliphatic heterocycles. The van der Waals surface area contributed by atoms with Crippen LogP contribution in [0, 0.1) is 23.7 Å². The lowest BCUT2D eigenvalue weighted by Gasteiger charge is -2.12. The van der Waals surface area contributed by atoms with E-state index in [-0.39, 0.29) is 23.7 Å². The number of anilines is 2. The van der Waals surface area contributed by atoms with E-state index in [1.54, 1.807) is 12.3 Å². The van der Waals surface area contributed by atoms with Crippen molar-refractivity contribution in [3.8, 4) is 11.4 Å². The fourth-order valence-corrected chi connectivity index (χ4v) is 4.80. The van der Waals surface area contributed by atoms with Crippen LogP contribution < -0.4 is 10.6 Å². The molecule has 0 spiro atoms. The Morgan fingerprint density at radius 1 is 1.21 bits per heavy atom. The number of aromatic nitrogens is 3. The molecule has 3 N–H and O–H groups in total. The van der Waals surface area contributed by atoms with Crippen LogP contribution in [0.1, 0.15) is 46.0 Å². The van der Waals surface area contributed by atoms with Gasteiger partial charge in [0.2, 0.25) is 11.8 Å². The summed E-state index contributed by atoms with van der Waals surface area (Å²) in [7, 11) is 0. The van der Waals surface area contributed by atoms with Crippen molar-refractivity contribution in [1.29, 1.82) is 0 Å². The van der Waals surface area contributed by atoms with E-state index in [1.165, 1.54) is 12.8 Å². The third kappa shape index (κ3) is 4.88. The van der Waals surface area contributed by atoms with Crippen molar-refractivity contribution in [2.45, 2.75) is 46.0 Å². The highest BCUT2D eigenvalue weighted by Crippen LogP contribution is 2.36. The van der Waals surface area contributed by atoms with Crippen LogP contribution in [0.15, 0.2) is 48.7 Å². The summed E-state index contributed by atoms with van der Waals surface area (Å²) in [6, 6.07) is 9.41. The highest BCUT2D eigenvalue weighted by molar-refractivity contribution is 5.95. The molecule has 7 nitrogen and oxygen atoms in total. The van der Waals surface area contributed by atoms with Crippen molar-refractivity contribution in [2.24, 2.45) is 23.7 Å². The van der Waals surface area contributed by atoms with E-state index in [0.29, 0.717) is 23.5 Å². The van der Waals surface area contributed by atoms with Crippen molar-refractivity contribution >= 4 is 34.4 Å². The van der Waals surface area contributed by atoms with Gasteiger partial charge in [0, 0.05) is 23.2 Å². The van der Waals surface area contributed by atoms with E-state index < -0.39 is 0 Å². The number of benzene rings is 1. The van der Waals surface area contributed by atoms with Gasteiger partial charge in [-0.3, -0.25) is 9.59 Å². The van der Waals surface area contributed by atoms with Gasteiger partial charge in [0.15, 0.2) is 0 Å². The van der Waals surface area contributed by atoms with Gasteiger partial charge in [0.1, 0.15) is 11.6 Å². The Morgan fingerprint density at radius 3 is 2.65 bits per heavy atom. The number of H-pyrrole nitrogens is 1. The van der Waals surface area contributed by atoms with E-state index in [4.69, 9.17) is 0 Å². The molecule has 2 aliphatic carbocycles. The summed E-state index contributed by atoms with van der Waals surface area (Å²) in [4.78, 5) is 37.4. The number of amides is 2. The molecule has 5 rings (SSSR count). The highest BCUT2D eigenvalue weighted by atomic mass is 16.2. The molecular formula is C27H31N5O2. The van der Waals surface area contributed by atoms with Crippen molar-refractivity contribution in [2.75, 3.05) is 10.6 Å². The van der Waals surface area contributed by atoms with Crippen LogP contribution >= 0.6 is 0 Å². The van der Waals surface area contributed by atoms with Gasteiger partial charge in [-0.05, 0) is 55.4 Å². The van der Waals surface area contributed by atoms with Crippen molar-refractivity contribution in [3.63, 3.8) is 0 Å². The maximum atomic E-state index is 12.6.